The highest BCUT2D eigenvalue weighted by molar-refractivity contribution is 6.21. The predicted molar refractivity (Wildman–Crippen MR) is 235 cm³/mol. The standard InChI is InChI=1S/C53H36N4/c1-53(2)51-43-26-14-12-24-41(43)49(57(38-21-7-4-8-22-38)48-28-16-10-18-36(48)34-55)32-46(51)50-42-25-13-11-23-40(42)45-31-39(29-30-44(45)52(50)53)56(37-19-5-3-6-20-37)47-27-15-9-17-35(47)33-54/h3-32H,1-2H3. The highest BCUT2D eigenvalue weighted by Gasteiger charge is 2.41. The van der Waals surface area contributed by atoms with Crippen molar-refractivity contribution in [3.8, 4) is 23.3 Å². The van der Waals surface area contributed by atoms with Gasteiger partial charge in [0.25, 0.3) is 0 Å². The van der Waals surface area contributed by atoms with Gasteiger partial charge in [0.2, 0.25) is 0 Å². The van der Waals surface area contributed by atoms with Crippen molar-refractivity contribution >= 4 is 66.4 Å². The van der Waals surface area contributed by atoms with Gasteiger partial charge in [-0.15, -0.1) is 0 Å². The topological polar surface area (TPSA) is 54.1 Å². The van der Waals surface area contributed by atoms with Crippen molar-refractivity contribution in [3.05, 3.63) is 204 Å². The summed E-state index contributed by atoms with van der Waals surface area (Å²) in [6.07, 6.45) is 0. The summed E-state index contributed by atoms with van der Waals surface area (Å²) in [5.41, 5.74) is 11.6. The van der Waals surface area contributed by atoms with Crippen LogP contribution < -0.4 is 9.80 Å². The van der Waals surface area contributed by atoms with Crippen LogP contribution in [0.4, 0.5) is 34.1 Å². The molecular formula is C53H36N4. The Balaban J connectivity index is 1.28. The van der Waals surface area contributed by atoms with Gasteiger partial charge in [-0.05, 0) is 116 Å². The Morgan fingerprint density at radius 3 is 1.51 bits per heavy atom. The maximum Gasteiger partial charge on any atom is 0.101 e. The van der Waals surface area contributed by atoms with Crippen molar-refractivity contribution in [3.63, 3.8) is 0 Å². The Bertz CT molecular complexity index is 3130. The van der Waals surface area contributed by atoms with E-state index in [0.29, 0.717) is 11.1 Å². The zero-order valence-corrected chi connectivity index (χ0v) is 31.6. The lowest BCUT2D eigenvalue weighted by Gasteiger charge is -2.30. The number of anilines is 6. The van der Waals surface area contributed by atoms with Gasteiger partial charge in [0.1, 0.15) is 12.1 Å². The van der Waals surface area contributed by atoms with E-state index in [1.807, 2.05) is 72.8 Å². The minimum absolute atomic E-state index is 0.360. The van der Waals surface area contributed by atoms with Crippen LogP contribution in [0.15, 0.2) is 182 Å². The highest BCUT2D eigenvalue weighted by atomic mass is 15.2. The van der Waals surface area contributed by atoms with E-state index in [1.54, 1.807) is 0 Å². The monoisotopic (exact) mass is 728 g/mol. The summed E-state index contributed by atoms with van der Waals surface area (Å²) >= 11 is 0. The Morgan fingerprint density at radius 1 is 0.386 bits per heavy atom. The van der Waals surface area contributed by atoms with Crippen LogP contribution in [0.25, 0.3) is 43.4 Å². The summed E-state index contributed by atoms with van der Waals surface area (Å²) in [4.78, 5) is 4.44. The molecule has 0 bridgehead atoms. The molecule has 0 atom stereocenters. The first kappa shape index (κ1) is 33.9. The molecule has 10 rings (SSSR count). The Labute approximate surface area is 332 Å². The minimum atomic E-state index is -0.360. The van der Waals surface area contributed by atoms with Crippen LogP contribution in [-0.4, -0.2) is 0 Å². The van der Waals surface area contributed by atoms with Crippen LogP contribution >= 0.6 is 0 Å². The number of para-hydroxylation sites is 4. The molecule has 57 heavy (non-hydrogen) atoms. The number of nitrogens with zero attached hydrogens (tertiary/aromatic N) is 4. The second-order valence-corrected chi connectivity index (χ2v) is 15.1. The molecule has 9 aromatic rings. The quantitative estimate of drug-likeness (QED) is 0.160. The lowest BCUT2D eigenvalue weighted by atomic mass is 9.77. The molecule has 0 saturated carbocycles. The third-order valence-electron chi connectivity index (χ3n) is 11.6. The van der Waals surface area contributed by atoms with E-state index >= 15 is 0 Å². The molecule has 4 nitrogen and oxygen atoms in total. The van der Waals surface area contributed by atoms with Crippen LogP contribution in [-0.2, 0) is 5.41 Å². The van der Waals surface area contributed by atoms with E-state index < -0.39 is 0 Å². The summed E-state index contributed by atoms with van der Waals surface area (Å²) in [6, 6.07) is 67.9. The molecule has 0 spiro atoms. The molecule has 1 aliphatic carbocycles. The maximum absolute atomic E-state index is 10.4. The van der Waals surface area contributed by atoms with Gasteiger partial charge >= 0.3 is 0 Å². The van der Waals surface area contributed by atoms with Crippen LogP contribution in [0.2, 0.25) is 0 Å². The lowest BCUT2D eigenvalue weighted by Crippen LogP contribution is -2.17. The normalized spacial score (nSPS) is 12.5. The number of fused-ring (bicyclic) bond motifs is 10. The van der Waals surface area contributed by atoms with Crippen molar-refractivity contribution < 1.29 is 0 Å². The fourth-order valence-corrected chi connectivity index (χ4v) is 9.30. The third kappa shape index (κ3) is 5.20. The fraction of sp³-hybridized carbons (Fsp3) is 0.0566. The molecule has 0 radical (unpaired) electrons. The van der Waals surface area contributed by atoms with Crippen LogP contribution in [0.5, 0.6) is 0 Å². The molecule has 0 N–H and O–H groups in total. The van der Waals surface area contributed by atoms with E-state index in [4.69, 9.17) is 0 Å². The van der Waals surface area contributed by atoms with E-state index in [0.717, 1.165) is 44.9 Å². The van der Waals surface area contributed by atoms with E-state index in [1.165, 1.54) is 43.8 Å². The fourth-order valence-electron chi connectivity index (χ4n) is 9.30. The molecule has 0 aliphatic heterocycles. The third-order valence-corrected chi connectivity index (χ3v) is 11.6. The van der Waals surface area contributed by atoms with Gasteiger partial charge in [-0.3, -0.25) is 0 Å². The summed E-state index contributed by atoms with van der Waals surface area (Å²) in [7, 11) is 0. The summed E-state index contributed by atoms with van der Waals surface area (Å²) in [5, 5.41) is 27.6. The first-order chi connectivity index (χ1) is 28.0. The molecule has 268 valence electrons. The Hall–Kier alpha value is -7.66. The van der Waals surface area contributed by atoms with Crippen molar-refractivity contribution in [2.24, 2.45) is 0 Å². The Morgan fingerprint density at radius 2 is 0.877 bits per heavy atom. The highest BCUT2D eigenvalue weighted by Crippen LogP contribution is 2.59. The van der Waals surface area contributed by atoms with Gasteiger partial charge in [-0.25, -0.2) is 0 Å². The number of nitriles is 2. The zero-order chi connectivity index (χ0) is 38.7. The second kappa shape index (κ2) is 13.3. The van der Waals surface area contributed by atoms with E-state index in [-0.39, 0.29) is 5.41 Å². The van der Waals surface area contributed by atoms with E-state index in [2.05, 4.69) is 145 Å². The van der Waals surface area contributed by atoms with Gasteiger partial charge in [0, 0.05) is 27.9 Å². The molecule has 4 heteroatoms. The molecule has 9 aromatic carbocycles. The zero-order valence-electron chi connectivity index (χ0n) is 31.6. The number of hydrogen-bond donors (Lipinski definition) is 0. The van der Waals surface area contributed by atoms with Crippen molar-refractivity contribution in [1.29, 1.82) is 10.5 Å². The van der Waals surface area contributed by atoms with Gasteiger partial charge in [0.15, 0.2) is 0 Å². The van der Waals surface area contributed by atoms with Crippen LogP contribution in [0, 0.1) is 22.7 Å². The number of rotatable bonds is 6. The summed E-state index contributed by atoms with van der Waals surface area (Å²) in [6.45, 7) is 4.73. The summed E-state index contributed by atoms with van der Waals surface area (Å²) < 4.78 is 0. The molecule has 0 heterocycles. The molecule has 1 aliphatic rings. The van der Waals surface area contributed by atoms with E-state index in [9.17, 15) is 10.5 Å². The second-order valence-electron chi connectivity index (χ2n) is 15.1. The van der Waals surface area contributed by atoms with Crippen molar-refractivity contribution in [2.45, 2.75) is 19.3 Å². The van der Waals surface area contributed by atoms with Crippen molar-refractivity contribution in [2.75, 3.05) is 9.80 Å². The van der Waals surface area contributed by atoms with Crippen molar-refractivity contribution in [1.82, 2.24) is 0 Å². The van der Waals surface area contributed by atoms with Gasteiger partial charge < -0.3 is 9.80 Å². The predicted octanol–water partition coefficient (Wildman–Crippen LogP) is 14.1. The number of benzene rings is 9. The molecule has 0 fully saturated rings. The maximum atomic E-state index is 10.4. The Kier molecular flexibility index (Phi) is 7.89. The first-order valence-corrected chi connectivity index (χ1v) is 19.2. The average Bonchev–Trinajstić information content (AvgIpc) is 3.51. The minimum Gasteiger partial charge on any atom is -0.309 e. The van der Waals surface area contributed by atoms with Gasteiger partial charge in [-0.2, -0.15) is 10.5 Å². The van der Waals surface area contributed by atoms with Gasteiger partial charge in [-0.1, -0.05) is 129 Å². The average molecular weight is 729 g/mol. The van der Waals surface area contributed by atoms with Gasteiger partial charge in [0.05, 0.1) is 28.2 Å². The molecule has 0 unspecified atom stereocenters. The largest absolute Gasteiger partial charge is 0.309 e. The summed E-state index contributed by atoms with van der Waals surface area (Å²) in [5.74, 6) is 0. The molecular weight excluding hydrogens is 693 g/mol. The molecule has 0 aromatic heterocycles. The molecule has 0 amide bonds. The first-order valence-electron chi connectivity index (χ1n) is 19.2. The SMILES string of the molecule is CC1(C)c2c(cc(N(c3ccccc3)c3ccccc3C#N)c3ccccc23)-c2c1c1ccc(N(c3ccccc3)c3ccccc3C#N)cc1c1ccccc21. The van der Waals surface area contributed by atoms with Crippen LogP contribution in [0.3, 0.4) is 0 Å². The number of hydrogen-bond acceptors (Lipinski definition) is 4. The molecule has 0 saturated heterocycles. The van der Waals surface area contributed by atoms with Crippen LogP contribution in [0.1, 0.15) is 36.1 Å². The lowest BCUT2D eigenvalue weighted by molar-refractivity contribution is 0.672. The smallest absolute Gasteiger partial charge is 0.101 e.